The van der Waals surface area contributed by atoms with Crippen LogP contribution in [0.5, 0.6) is 11.5 Å². The van der Waals surface area contributed by atoms with Crippen molar-refractivity contribution in [2.24, 2.45) is 0 Å². The lowest BCUT2D eigenvalue weighted by atomic mass is 9.94. The maximum atomic E-state index is 13.4. The molecule has 2 N–H and O–H groups in total. The highest BCUT2D eigenvalue weighted by atomic mass is 19.1. The zero-order valence-corrected chi connectivity index (χ0v) is 20.4. The lowest BCUT2D eigenvalue weighted by molar-refractivity contribution is -0.118. The molecule has 0 saturated carbocycles. The third-order valence-electron chi connectivity index (χ3n) is 6.15. The number of aromatic nitrogens is 3. The molecule has 1 atom stereocenters. The van der Waals surface area contributed by atoms with Crippen molar-refractivity contribution in [2.45, 2.75) is 26.1 Å². The highest BCUT2D eigenvalue weighted by molar-refractivity contribution is 5.96. The van der Waals surface area contributed by atoms with Gasteiger partial charge in [0, 0.05) is 12.2 Å². The van der Waals surface area contributed by atoms with Crippen molar-refractivity contribution in [2.75, 3.05) is 12.4 Å². The molecule has 0 aliphatic carbocycles. The van der Waals surface area contributed by atoms with Gasteiger partial charge in [-0.25, -0.2) is 9.07 Å². The van der Waals surface area contributed by atoms with Crippen LogP contribution in [-0.2, 0) is 17.9 Å². The Morgan fingerprint density at radius 1 is 1.05 bits per heavy atom. The summed E-state index contributed by atoms with van der Waals surface area (Å²) in [6, 6.07) is 20.8. The van der Waals surface area contributed by atoms with Crippen molar-refractivity contribution in [3.8, 4) is 11.5 Å². The average Bonchev–Trinajstić information content (AvgIpc) is 3.39. The number of carbonyl (C=O) groups is 1. The molecule has 1 aliphatic rings. The van der Waals surface area contributed by atoms with E-state index in [1.807, 2.05) is 49.4 Å². The Morgan fingerprint density at radius 2 is 1.84 bits per heavy atom. The monoisotopic (exact) mass is 499 g/mol. The van der Waals surface area contributed by atoms with Gasteiger partial charge in [-0.1, -0.05) is 48.5 Å². The number of ether oxygens (including phenoxy) is 2. The molecule has 1 aromatic heterocycles. The molecule has 0 spiro atoms. The van der Waals surface area contributed by atoms with Crippen LogP contribution in [0.1, 0.15) is 29.7 Å². The third-order valence-corrected chi connectivity index (χ3v) is 6.15. The summed E-state index contributed by atoms with van der Waals surface area (Å²) in [6.45, 7) is 2.50. The van der Waals surface area contributed by atoms with Gasteiger partial charge in [0.15, 0.2) is 11.5 Å². The maximum absolute atomic E-state index is 13.4. The van der Waals surface area contributed by atoms with Gasteiger partial charge in [-0.15, -0.1) is 0 Å². The number of fused-ring (bicyclic) bond motifs is 1. The van der Waals surface area contributed by atoms with Crippen LogP contribution >= 0.6 is 0 Å². The number of hydrogen-bond donors (Lipinski definition) is 2. The molecule has 8 nitrogen and oxygen atoms in total. The molecule has 5 rings (SSSR count). The van der Waals surface area contributed by atoms with E-state index in [2.05, 4.69) is 20.7 Å². The van der Waals surface area contributed by atoms with Crippen molar-refractivity contribution in [3.05, 3.63) is 113 Å². The second-order valence-corrected chi connectivity index (χ2v) is 8.59. The van der Waals surface area contributed by atoms with Gasteiger partial charge >= 0.3 is 0 Å². The zero-order chi connectivity index (χ0) is 25.8. The van der Waals surface area contributed by atoms with Gasteiger partial charge in [-0.2, -0.15) is 10.1 Å². The van der Waals surface area contributed by atoms with Gasteiger partial charge in [0.25, 0.3) is 5.91 Å². The van der Waals surface area contributed by atoms with E-state index in [9.17, 15) is 9.18 Å². The highest BCUT2D eigenvalue weighted by Crippen LogP contribution is 2.38. The van der Waals surface area contributed by atoms with E-state index in [4.69, 9.17) is 9.47 Å². The number of anilines is 1. The summed E-state index contributed by atoms with van der Waals surface area (Å²) in [4.78, 5) is 17.7. The Kier molecular flexibility index (Phi) is 6.85. The van der Waals surface area contributed by atoms with E-state index in [0.717, 1.165) is 16.7 Å². The van der Waals surface area contributed by atoms with Crippen LogP contribution in [0, 0.1) is 5.82 Å². The van der Waals surface area contributed by atoms with Gasteiger partial charge in [0.05, 0.1) is 12.7 Å². The van der Waals surface area contributed by atoms with Crippen molar-refractivity contribution >= 4 is 11.9 Å². The molecule has 0 fully saturated rings. The van der Waals surface area contributed by atoms with E-state index in [1.54, 1.807) is 30.0 Å². The van der Waals surface area contributed by atoms with E-state index >= 15 is 0 Å². The minimum absolute atomic E-state index is 0.212. The molecular weight excluding hydrogens is 473 g/mol. The fourth-order valence-electron chi connectivity index (χ4n) is 4.28. The molecular formula is C28H26FN5O3. The van der Waals surface area contributed by atoms with Crippen LogP contribution in [-0.4, -0.2) is 27.8 Å². The van der Waals surface area contributed by atoms with E-state index < -0.39 is 6.04 Å². The molecule has 9 heteroatoms. The summed E-state index contributed by atoms with van der Waals surface area (Å²) < 4.78 is 26.5. The third kappa shape index (κ3) is 5.16. The zero-order valence-electron chi connectivity index (χ0n) is 20.4. The molecule has 1 aliphatic heterocycles. The van der Waals surface area contributed by atoms with Crippen molar-refractivity contribution in [3.63, 3.8) is 0 Å². The number of carbonyl (C=O) groups excluding carboxylic acids is 1. The van der Waals surface area contributed by atoms with Gasteiger partial charge in [0.2, 0.25) is 5.95 Å². The predicted octanol–water partition coefficient (Wildman–Crippen LogP) is 4.61. The topological polar surface area (TPSA) is 90.3 Å². The summed E-state index contributed by atoms with van der Waals surface area (Å²) in [5.74, 6) is 1.06. The summed E-state index contributed by atoms with van der Waals surface area (Å²) in [6.07, 6.45) is 1.45. The maximum Gasteiger partial charge on any atom is 0.251 e. The summed E-state index contributed by atoms with van der Waals surface area (Å²) in [5, 5.41) is 10.6. The van der Waals surface area contributed by atoms with E-state index in [1.165, 1.54) is 18.5 Å². The van der Waals surface area contributed by atoms with E-state index in [0.29, 0.717) is 35.3 Å². The Labute approximate surface area is 213 Å². The fourth-order valence-corrected chi connectivity index (χ4v) is 4.28. The fraction of sp³-hybridized carbons (Fsp3) is 0.179. The Bertz CT molecular complexity index is 1430. The standard InChI is InChI=1S/C28H26FN5O3/c1-18-25(27(35)30-15-19-6-4-3-5-7-19)26(34-28(33-18)31-17-32-34)21-10-13-23(24(14-21)36-2)37-16-20-8-11-22(29)12-9-20/h3-14,17,26H,15-16H2,1-2H3,(H,30,35)(H,31,32,33). The van der Waals surface area contributed by atoms with E-state index in [-0.39, 0.29) is 18.3 Å². The normalized spacial score (nSPS) is 14.5. The first-order valence-electron chi connectivity index (χ1n) is 11.8. The molecule has 1 unspecified atom stereocenters. The van der Waals surface area contributed by atoms with Crippen LogP contribution < -0.4 is 20.1 Å². The number of halogens is 1. The molecule has 1 amide bonds. The summed E-state index contributed by atoms with van der Waals surface area (Å²) in [7, 11) is 1.56. The Balaban J connectivity index is 1.43. The molecule has 4 aromatic rings. The first-order valence-corrected chi connectivity index (χ1v) is 11.8. The van der Waals surface area contributed by atoms with Gasteiger partial charge in [0.1, 0.15) is 24.8 Å². The van der Waals surface area contributed by atoms with Gasteiger partial charge in [-0.3, -0.25) is 4.79 Å². The largest absolute Gasteiger partial charge is 0.493 e. The van der Waals surface area contributed by atoms with Crippen molar-refractivity contribution in [1.82, 2.24) is 20.1 Å². The molecule has 0 radical (unpaired) electrons. The lowest BCUT2D eigenvalue weighted by Crippen LogP contribution is -2.34. The Morgan fingerprint density at radius 3 is 2.59 bits per heavy atom. The molecule has 37 heavy (non-hydrogen) atoms. The number of nitrogens with one attached hydrogen (secondary N) is 2. The van der Waals surface area contributed by atoms with Crippen LogP contribution in [0.4, 0.5) is 10.3 Å². The lowest BCUT2D eigenvalue weighted by Gasteiger charge is -2.29. The second kappa shape index (κ2) is 10.5. The first kappa shape index (κ1) is 24.1. The summed E-state index contributed by atoms with van der Waals surface area (Å²) in [5.41, 5.74) is 3.82. The average molecular weight is 500 g/mol. The quantitative estimate of drug-likeness (QED) is 0.368. The highest BCUT2D eigenvalue weighted by Gasteiger charge is 2.33. The van der Waals surface area contributed by atoms with Crippen molar-refractivity contribution < 1.29 is 18.7 Å². The van der Waals surface area contributed by atoms with Gasteiger partial charge < -0.3 is 20.1 Å². The number of amides is 1. The van der Waals surface area contributed by atoms with Crippen LogP contribution in [0.15, 0.2) is 90.4 Å². The van der Waals surface area contributed by atoms with Crippen LogP contribution in [0.2, 0.25) is 0 Å². The smallest absolute Gasteiger partial charge is 0.251 e. The summed E-state index contributed by atoms with van der Waals surface area (Å²) >= 11 is 0. The minimum Gasteiger partial charge on any atom is -0.493 e. The number of methoxy groups -OCH3 is 1. The van der Waals surface area contributed by atoms with Crippen LogP contribution in [0.3, 0.4) is 0 Å². The molecule has 0 saturated heterocycles. The second-order valence-electron chi connectivity index (χ2n) is 8.59. The Hall–Kier alpha value is -4.66. The van der Waals surface area contributed by atoms with Crippen molar-refractivity contribution in [1.29, 1.82) is 0 Å². The first-order chi connectivity index (χ1) is 18.0. The van der Waals surface area contributed by atoms with Crippen LogP contribution in [0.25, 0.3) is 0 Å². The minimum atomic E-state index is -0.533. The number of hydrogen-bond acceptors (Lipinski definition) is 6. The number of benzene rings is 3. The predicted molar refractivity (Wildman–Crippen MR) is 136 cm³/mol. The SMILES string of the molecule is COc1cc(C2C(C(=O)NCc3ccccc3)=C(C)Nc3ncnn32)ccc1OCc1ccc(F)cc1. The number of allylic oxidation sites excluding steroid dienone is 1. The molecule has 0 bridgehead atoms. The number of rotatable bonds is 8. The molecule has 2 heterocycles. The molecule has 188 valence electrons. The van der Waals surface area contributed by atoms with Gasteiger partial charge in [-0.05, 0) is 47.9 Å². The molecule has 3 aromatic carbocycles. The number of nitrogens with zero attached hydrogens (tertiary/aromatic N) is 3.